The number of nitrogen functional groups attached to an aromatic ring is 1. The van der Waals surface area contributed by atoms with Gasteiger partial charge in [0.05, 0.1) is 0 Å². The van der Waals surface area contributed by atoms with E-state index in [2.05, 4.69) is 5.32 Å². The van der Waals surface area contributed by atoms with Gasteiger partial charge in [0.1, 0.15) is 0 Å². The molecule has 0 aromatic heterocycles. The first-order valence-electron chi connectivity index (χ1n) is 9.02. The van der Waals surface area contributed by atoms with Gasteiger partial charge in [-0.05, 0) is 48.6 Å². The molecule has 2 aromatic rings. The van der Waals surface area contributed by atoms with Crippen LogP contribution in [0.2, 0.25) is 0 Å². The molecule has 3 rings (SSSR count). The predicted octanol–water partition coefficient (Wildman–Crippen LogP) is 3.35. The molecule has 0 spiro atoms. The monoisotopic (exact) mass is 351 g/mol. The average Bonchev–Trinajstić information content (AvgIpc) is 3.45. The molecule has 1 aliphatic rings. The number of carbonyl (C=O) groups is 2. The Hall–Kier alpha value is -2.82. The lowest BCUT2D eigenvalue weighted by atomic mass is 10.1. The third kappa shape index (κ3) is 4.85. The molecule has 1 saturated carbocycles. The fraction of sp³-hybridized carbons (Fsp3) is 0.333. The zero-order chi connectivity index (χ0) is 18.5. The summed E-state index contributed by atoms with van der Waals surface area (Å²) in [7, 11) is 0. The van der Waals surface area contributed by atoms with E-state index < -0.39 is 0 Å². The van der Waals surface area contributed by atoms with Gasteiger partial charge in [0.2, 0.25) is 11.8 Å². The van der Waals surface area contributed by atoms with Crippen LogP contribution in [0.25, 0.3) is 0 Å². The van der Waals surface area contributed by atoms with E-state index in [1.54, 1.807) is 6.92 Å². The molecule has 0 atom stereocenters. The van der Waals surface area contributed by atoms with Gasteiger partial charge in [0, 0.05) is 37.3 Å². The minimum Gasteiger partial charge on any atom is -0.399 e. The van der Waals surface area contributed by atoms with Crippen LogP contribution >= 0.6 is 0 Å². The smallest absolute Gasteiger partial charge is 0.224 e. The van der Waals surface area contributed by atoms with Gasteiger partial charge in [0.25, 0.3) is 0 Å². The van der Waals surface area contributed by atoms with Crippen LogP contribution in [0, 0.1) is 0 Å². The summed E-state index contributed by atoms with van der Waals surface area (Å²) in [6.07, 6.45) is 3.20. The highest BCUT2D eigenvalue weighted by Crippen LogP contribution is 2.28. The molecule has 1 aliphatic carbocycles. The maximum absolute atomic E-state index is 12.1. The summed E-state index contributed by atoms with van der Waals surface area (Å²) in [6.45, 7) is 2.24. The van der Waals surface area contributed by atoms with Gasteiger partial charge in [-0.25, -0.2) is 0 Å². The molecule has 26 heavy (non-hydrogen) atoms. The Kier molecular flexibility index (Phi) is 5.56. The first kappa shape index (κ1) is 18.0. The molecule has 0 aliphatic heterocycles. The summed E-state index contributed by atoms with van der Waals surface area (Å²) in [5.41, 5.74) is 9.44. The minimum atomic E-state index is -0.0376. The Balaban J connectivity index is 1.51. The third-order valence-corrected chi connectivity index (χ3v) is 4.66. The molecule has 0 saturated heterocycles. The molecular formula is C21H25N3O2. The number of rotatable bonds is 7. The lowest BCUT2D eigenvalue weighted by Crippen LogP contribution is -2.30. The van der Waals surface area contributed by atoms with Crippen LogP contribution in [0.15, 0.2) is 48.5 Å². The van der Waals surface area contributed by atoms with E-state index in [0.29, 0.717) is 25.4 Å². The predicted molar refractivity (Wildman–Crippen MR) is 103 cm³/mol. The lowest BCUT2D eigenvalue weighted by Gasteiger charge is -2.20. The molecular weight excluding hydrogens is 326 g/mol. The average molecular weight is 351 g/mol. The Morgan fingerprint density at radius 1 is 1.12 bits per heavy atom. The van der Waals surface area contributed by atoms with Crippen LogP contribution in [0.4, 0.5) is 11.4 Å². The third-order valence-electron chi connectivity index (χ3n) is 4.66. The molecule has 5 heteroatoms. The highest BCUT2D eigenvalue weighted by atomic mass is 16.2. The van der Waals surface area contributed by atoms with Crippen molar-refractivity contribution in [3.63, 3.8) is 0 Å². The molecule has 136 valence electrons. The molecule has 1 fully saturated rings. The number of nitrogens with two attached hydrogens (primary N) is 1. The molecule has 0 unspecified atom stereocenters. The Labute approximate surface area is 154 Å². The van der Waals surface area contributed by atoms with Crippen molar-refractivity contribution in [1.29, 1.82) is 0 Å². The molecule has 2 amide bonds. The van der Waals surface area contributed by atoms with E-state index in [-0.39, 0.29) is 11.8 Å². The number of hydrogen-bond donors (Lipinski definition) is 2. The summed E-state index contributed by atoms with van der Waals surface area (Å²) < 4.78 is 0. The van der Waals surface area contributed by atoms with Crippen molar-refractivity contribution >= 4 is 23.2 Å². The molecule has 0 heterocycles. The Bertz CT molecular complexity index is 782. The van der Waals surface area contributed by atoms with Gasteiger partial charge in [-0.3, -0.25) is 9.59 Å². The maximum atomic E-state index is 12.1. The molecule has 0 bridgehead atoms. The SMILES string of the molecule is CC(=O)N(Cc1ccc(NC(=O)CCc2ccccc2N)cc1)C1CC1. The highest BCUT2D eigenvalue weighted by molar-refractivity contribution is 5.90. The number of benzene rings is 2. The standard InChI is InChI=1S/C21H25N3O2/c1-15(25)24(19-11-12-19)14-16-6-9-18(10-7-16)23-21(26)13-8-17-4-2-3-5-20(17)22/h2-7,9-10,19H,8,11-14,22H2,1H3,(H,23,26). The van der Waals surface area contributed by atoms with E-state index in [1.807, 2.05) is 53.4 Å². The second-order valence-corrected chi connectivity index (χ2v) is 6.82. The molecule has 3 N–H and O–H groups in total. The van der Waals surface area contributed by atoms with Crippen LogP contribution < -0.4 is 11.1 Å². The summed E-state index contributed by atoms with van der Waals surface area (Å²) >= 11 is 0. The molecule has 5 nitrogen and oxygen atoms in total. The number of nitrogens with one attached hydrogen (secondary N) is 1. The first-order valence-corrected chi connectivity index (χ1v) is 9.02. The second-order valence-electron chi connectivity index (χ2n) is 6.82. The van der Waals surface area contributed by atoms with Crippen molar-refractivity contribution in [3.8, 4) is 0 Å². The fourth-order valence-electron chi connectivity index (χ4n) is 3.01. The highest BCUT2D eigenvalue weighted by Gasteiger charge is 2.30. The van der Waals surface area contributed by atoms with Crippen LogP contribution in [0.3, 0.4) is 0 Å². The Morgan fingerprint density at radius 2 is 1.81 bits per heavy atom. The summed E-state index contributed by atoms with van der Waals surface area (Å²) in [5, 5.41) is 2.91. The zero-order valence-electron chi connectivity index (χ0n) is 15.1. The van der Waals surface area contributed by atoms with Crippen LogP contribution in [0.1, 0.15) is 37.3 Å². The van der Waals surface area contributed by atoms with Crippen molar-refractivity contribution in [1.82, 2.24) is 4.90 Å². The van der Waals surface area contributed by atoms with Crippen LogP contribution in [-0.2, 0) is 22.6 Å². The molecule has 2 aromatic carbocycles. The van der Waals surface area contributed by atoms with Gasteiger partial charge >= 0.3 is 0 Å². The number of amides is 2. The zero-order valence-corrected chi connectivity index (χ0v) is 15.1. The van der Waals surface area contributed by atoms with Gasteiger partial charge < -0.3 is 16.0 Å². The van der Waals surface area contributed by atoms with Gasteiger partial charge in [-0.2, -0.15) is 0 Å². The number of aryl methyl sites for hydroxylation is 1. The van der Waals surface area contributed by atoms with Gasteiger partial charge in [0.15, 0.2) is 0 Å². The maximum Gasteiger partial charge on any atom is 0.224 e. The fourth-order valence-corrected chi connectivity index (χ4v) is 3.01. The second kappa shape index (κ2) is 8.04. The van der Waals surface area contributed by atoms with Crippen molar-refractivity contribution < 1.29 is 9.59 Å². The number of hydrogen-bond acceptors (Lipinski definition) is 3. The largest absolute Gasteiger partial charge is 0.399 e. The minimum absolute atomic E-state index is 0.0376. The topological polar surface area (TPSA) is 75.4 Å². The van der Waals surface area contributed by atoms with E-state index in [4.69, 9.17) is 5.73 Å². The lowest BCUT2D eigenvalue weighted by molar-refractivity contribution is -0.130. The van der Waals surface area contributed by atoms with Crippen LogP contribution in [-0.4, -0.2) is 22.8 Å². The molecule has 0 radical (unpaired) electrons. The van der Waals surface area contributed by atoms with E-state index in [0.717, 1.165) is 35.3 Å². The van der Waals surface area contributed by atoms with E-state index in [9.17, 15) is 9.59 Å². The van der Waals surface area contributed by atoms with Crippen LogP contribution in [0.5, 0.6) is 0 Å². The van der Waals surface area contributed by atoms with Gasteiger partial charge in [-0.1, -0.05) is 30.3 Å². The van der Waals surface area contributed by atoms with E-state index >= 15 is 0 Å². The normalized spacial score (nSPS) is 13.3. The number of anilines is 2. The van der Waals surface area contributed by atoms with Gasteiger partial charge in [-0.15, -0.1) is 0 Å². The number of para-hydroxylation sites is 1. The van der Waals surface area contributed by atoms with Crippen molar-refractivity contribution in [2.75, 3.05) is 11.1 Å². The quantitative estimate of drug-likeness (QED) is 0.751. The Morgan fingerprint density at radius 3 is 2.42 bits per heavy atom. The summed E-state index contributed by atoms with van der Waals surface area (Å²) in [4.78, 5) is 25.8. The summed E-state index contributed by atoms with van der Waals surface area (Å²) in [5.74, 6) is 0.0782. The summed E-state index contributed by atoms with van der Waals surface area (Å²) in [6, 6.07) is 15.7. The first-order chi connectivity index (χ1) is 12.5. The van der Waals surface area contributed by atoms with Crippen molar-refractivity contribution in [2.24, 2.45) is 0 Å². The van der Waals surface area contributed by atoms with Crippen molar-refractivity contribution in [3.05, 3.63) is 59.7 Å². The number of nitrogens with zero attached hydrogens (tertiary/aromatic N) is 1. The van der Waals surface area contributed by atoms with E-state index in [1.165, 1.54) is 0 Å². The van der Waals surface area contributed by atoms with Crippen molar-refractivity contribution in [2.45, 2.75) is 45.2 Å². The number of carbonyl (C=O) groups excluding carboxylic acids is 2.